The molecule has 0 aliphatic carbocycles. The van der Waals surface area contributed by atoms with Gasteiger partial charge < -0.3 is 9.47 Å². The summed E-state index contributed by atoms with van der Waals surface area (Å²) in [7, 11) is 0. The Morgan fingerprint density at radius 2 is 0.689 bits per heavy atom. The van der Waals surface area contributed by atoms with Gasteiger partial charge in [-0.2, -0.15) is 0 Å². The number of rotatable bonds is 33. The monoisotopic (exact) mass is 639 g/mol. The molecule has 2 unspecified atom stereocenters. The third-order valence-electron chi connectivity index (χ3n) is 9.00. The zero-order chi connectivity index (χ0) is 33.6. The van der Waals surface area contributed by atoms with E-state index >= 15 is 0 Å². The smallest absolute Gasteiger partial charge is 0.305 e. The fourth-order valence-corrected chi connectivity index (χ4v) is 5.53. The van der Waals surface area contributed by atoms with Gasteiger partial charge in [0.15, 0.2) is 0 Å². The molecule has 0 aromatic rings. The van der Waals surface area contributed by atoms with Gasteiger partial charge in [0.25, 0.3) is 0 Å². The predicted octanol–water partition coefficient (Wildman–Crippen LogP) is 13.7. The first kappa shape index (κ1) is 46.1. The highest BCUT2D eigenvalue weighted by molar-refractivity contribution is 5.69. The van der Waals surface area contributed by atoms with Crippen molar-refractivity contribution in [2.75, 3.05) is 13.2 Å². The van der Waals surface area contributed by atoms with Gasteiger partial charge in [0.1, 0.15) is 0 Å². The molecule has 0 saturated carbocycles. The van der Waals surface area contributed by atoms with Gasteiger partial charge in [-0.15, -0.1) is 0 Å². The molecule has 0 aromatic heterocycles. The van der Waals surface area contributed by atoms with Crippen LogP contribution >= 0.6 is 0 Å². The molecule has 0 amide bonds. The van der Waals surface area contributed by atoms with E-state index in [2.05, 4.69) is 41.5 Å². The van der Waals surface area contributed by atoms with Gasteiger partial charge in [-0.05, 0) is 31.1 Å². The second-order valence-electron chi connectivity index (χ2n) is 14.1. The van der Waals surface area contributed by atoms with Crippen molar-refractivity contribution in [3.05, 3.63) is 0 Å². The van der Waals surface area contributed by atoms with Crippen molar-refractivity contribution in [2.45, 2.75) is 228 Å². The maximum absolute atomic E-state index is 11.6. The van der Waals surface area contributed by atoms with Gasteiger partial charge in [0, 0.05) is 12.8 Å². The van der Waals surface area contributed by atoms with Gasteiger partial charge in [-0.25, -0.2) is 0 Å². The summed E-state index contributed by atoms with van der Waals surface area (Å²) in [4.78, 5) is 23.1. The van der Waals surface area contributed by atoms with Crippen LogP contribution < -0.4 is 0 Å². The van der Waals surface area contributed by atoms with Gasteiger partial charge in [-0.3, -0.25) is 9.59 Å². The highest BCUT2D eigenvalue weighted by Crippen LogP contribution is 2.15. The Kier molecular flexibility index (Phi) is 40.0. The quantitative estimate of drug-likeness (QED) is 0.0530. The van der Waals surface area contributed by atoms with Crippen LogP contribution in [0.2, 0.25) is 0 Å². The first-order valence-corrected chi connectivity index (χ1v) is 20.2. The lowest BCUT2D eigenvalue weighted by Gasteiger charge is -2.10. The molecule has 4 heteroatoms. The zero-order valence-corrected chi connectivity index (χ0v) is 31.7. The molecule has 0 heterocycles. The minimum absolute atomic E-state index is 0.00380. The van der Waals surface area contributed by atoms with E-state index in [0.717, 1.165) is 32.1 Å². The number of hydrogen-bond donors (Lipinski definition) is 0. The molecular weight excluding hydrogens is 556 g/mol. The largest absolute Gasteiger partial charge is 0.465 e. The lowest BCUT2D eigenvalue weighted by atomic mass is 10.0. The summed E-state index contributed by atoms with van der Waals surface area (Å²) < 4.78 is 10.6. The van der Waals surface area contributed by atoms with Gasteiger partial charge >= 0.3 is 11.9 Å². The van der Waals surface area contributed by atoms with Crippen molar-refractivity contribution < 1.29 is 19.1 Å². The Morgan fingerprint density at radius 1 is 0.400 bits per heavy atom. The first-order valence-electron chi connectivity index (χ1n) is 20.2. The highest BCUT2D eigenvalue weighted by Gasteiger charge is 2.07. The summed E-state index contributed by atoms with van der Waals surface area (Å²) >= 11 is 0. The van der Waals surface area contributed by atoms with E-state index in [1.807, 2.05) is 0 Å². The van der Waals surface area contributed by atoms with Crippen LogP contribution in [-0.2, 0) is 19.1 Å². The maximum atomic E-state index is 11.6. The fourth-order valence-electron chi connectivity index (χ4n) is 5.53. The molecule has 270 valence electrons. The van der Waals surface area contributed by atoms with E-state index in [9.17, 15) is 9.59 Å². The minimum Gasteiger partial charge on any atom is -0.465 e. The summed E-state index contributed by atoms with van der Waals surface area (Å²) in [6, 6.07) is 0. The van der Waals surface area contributed by atoms with Crippen molar-refractivity contribution in [2.24, 2.45) is 11.8 Å². The molecule has 0 aliphatic rings. The summed E-state index contributed by atoms with van der Waals surface area (Å²) in [6.45, 7) is 14.3. The Morgan fingerprint density at radius 3 is 0.978 bits per heavy atom. The zero-order valence-electron chi connectivity index (χ0n) is 31.7. The second-order valence-corrected chi connectivity index (χ2v) is 14.1. The Bertz CT molecular complexity index is 590. The molecule has 0 bridgehead atoms. The van der Waals surface area contributed by atoms with Gasteiger partial charge in [-0.1, -0.05) is 196 Å². The average Bonchev–Trinajstić information content (AvgIpc) is 3.04. The molecular formula is C41H82O4. The lowest BCUT2D eigenvalue weighted by Crippen LogP contribution is -2.11. The van der Waals surface area contributed by atoms with E-state index in [0.29, 0.717) is 37.9 Å². The molecule has 0 radical (unpaired) electrons. The van der Waals surface area contributed by atoms with Crippen LogP contribution in [0.25, 0.3) is 0 Å². The van der Waals surface area contributed by atoms with Crippen molar-refractivity contribution in [1.29, 1.82) is 0 Å². The maximum Gasteiger partial charge on any atom is 0.305 e. The minimum atomic E-state index is -0.00464. The van der Waals surface area contributed by atoms with Crippen LogP contribution in [0, 0.1) is 11.8 Å². The average molecular weight is 639 g/mol. The van der Waals surface area contributed by atoms with Gasteiger partial charge in [0.05, 0.1) is 13.2 Å². The van der Waals surface area contributed by atoms with E-state index in [1.54, 1.807) is 0 Å². The third-order valence-corrected chi connectivity index (χ3v) is 9.00. The second kappa shape index (κ2) is 39.1. The van der Waals surface area contributed by atoms with E-state index in [1.165, 1.54) is 141 Å². The highest BCUT2D eigenvalue weighted by atomic mass is 16.5. The summed E-state index contributed by atoms with van der Waals surface area (Å²) in [5.74, 6) is 0.989. The molecule has 0 rings (SSSR count). The van der Waals surface area contributed by atoms with Crippen LogP contribution in [0.5, 0.6) is 0 Å². The topological polar surface area (TPSA) is 52.6 Å². The Hall–Kier alpha value is -1.06. The standard InChI is InChI=1S/C23H46O2.C18H36O2/c1-4-6-7-8-9-10-11-12-13-14-15-16-17-18-19-20-23(24)25-21-22(3)5-2;1-4-6-7-8-9-10-11-12-13-15-18(19)20-16-17(3)14-5-2/h22H,4-21H2,1-3H3;17H,4-16H2,1-3H3. The van der Waals surface area contributed by atoms with Crippen LogP contribution in [0.15, 0.2) is 0 Å². The summed E-state index contributed by atoms with van der Waals surface area (Å²) in [6.07, 6.45) is 36.5. The number of hydrogen-bond acceptors (Lipinski definition) is 4. The fraction of sp³-hybridized carbons (Fsp3) is 0.951. The molecule has 0 N–H and O–H groups in total. The summed E-state index contributed by atoms with van der Waals surface area (Å²) in [5, 5.41) is 0. The SMILES string of the molecule is CCCCCCCCCCCC(=O)OCC(C)CCC.CCCCCCCCCCCCCCCCCC(=O)OCC(C)CC. The molecule has 45 heavy (non-hydrogen) atoms. The van der Waals surface area contributed by atoms with Crippen LogP contribution in [-0.4, -0.2) is 25.2 Å². The number of carbonyl (C=O) groups is 2. The van der Waals surface area contributed by atoms with E-state index < -0.39 is 0 Å². The van der Waals surface area contributed by atoms with Crippen LogP contribution in [0.4, 0.5) is 0 Å². The van der Waals surface area contributed by atoms with Crippen molar-refractivity contribution in [1.82, 2.24) is 0 Å². The Labute approximate surface area is 283 Å². The molecule has 0 aromatic carbocycles. The predicted molar refractivity (Wildman–Crippen MR) is 197 cm³/mol. The van der Waals surface area contributed by atoms with Crippen LogP contribution in [0.3, 0.4) is 0 Å². The third kappa shape index (κ3) is 40.9. The van der Waals surface area contributed by atoms with E-state index in [4.69, 9.17) is 9.47 Å². The molecule has 4 nitrogen and oxygen atoms in total. The summed E-state index contributed by atoms with van der Waals surface area (Å²) in [5.41, 5.74) is 0. The normalized spacial score (nSPS) is 12.3. The number of carbonyl (C=O) groups excluding carboxylic acids is 2. The number of esters is 2. The van der Waals surface area contributed by atoms with Crippen LogP contribution in [0.1, 0.15) is 228 Å². The molecule has 0 saturated heterocycles. The molecule has 0 aliphatic heterocycles. The number of ether oxygens (including phenoxy) is 2. The first-order chi connectivity index (χ1) is 21.9. The lowest BCUT2D eigenvalue weighted by molar-refractivity contribution is -0.146. The number of unbranched alkanes of at least 4 members (excludes halogenated alkanes) is 22. The Balaban J connectivity index is 0. The van der Waals surface area contributed by atoms with Crippen molar-refractivity contribution in [3.63, 3.8) is 0 Å². The molecule has 2 atom stereocenters. The molecule has 0 spiro atoms. The van der Waals surface area contributed by atoms with Crippen molar-refractivity contribution in [3.8, 4) is 0 Å². The molecule has 0 fully saturated rings. The van der Waals surface area contributed by atoms with Crippen molar-refractivity contribution >= 4 is 11.9 Å². The van der Waals surface area contributed by atoms with E-state index in [-0.39, 0.29) is 11.9 Å². The van der Waals surface area contributed by atoms with Gasteiger partial charge in [0.2, 0.25) is 0 Å².